The zero-order valence-corrected chi connectivity index (χ0v) is 22.1. The van der Waals surface area contributed by atoms with Crippen molar-refractivity contribution in [1.82, 2.24) is 4.90 Å². The third-order valence-electron chi connectivity index (χ3n) is 5.25. The Hall–Kier alpha value is -3.11. The molecule has 1 aliphatic heterocycles. The molecule has 0 aliphatic carbocycles. The lowest BCUT2D eigenvalue weighted by molar-refractivity contribution is -0.123. The van der Waals surface area contributed by atoms with Gasteiger partial charge in [-0.15, -0.1) is 0 Å². The van der Waals surface area contributed by atoms with Gasteiger partial charge in [-0.1, -0.05) is 36.4 Å². The van der Waals surface area contributed by atoms with E-state index in [1.165, 1.54) is 4.90 Å². The van der Waals surface area contributed by atoms with Crippen LogP contribution in [0.2, 0.25) is 0 Å². The van der Waals surface area contributed by atoms with E-state index in [1.807, 2.05) is 44.2 Å². The summed E-state index contributed by atoms with van der Waals surface area (Å²) in [5.74, 6) is 0.260. The average molecular weight is 599 g/mol. The van der Waals surface area contributed by atoms with Gasteiger partial charge in [0.15, 0.2) is 0 Å². The van der Waals surface area contributed by atoms with E-state index in [1.54, 1.807) is 42.5 Å². The van der Waals surface area contributed by atoms with Gasteiger partial charge in [0.2, 0.25) is 0 Å². The third kappa shape index (κ3) is 6.12. The van der Waals surface area contributed by atoms with Gasteiger partial charge in [0.1, 0.15) is 18.1 Å². The maximum absolute atomic E-state index is 12.8. The predicted molar refractivity (Wildman–Crippen MR) is 145 cm³/mol. The van der Waals surface area contributed by atoms with Crippen molar-refractivity contribution in [3.63, 3.8) is 0 Å². The van der Waals surface area contributed by atoms with E-state index in [0.29, 0.717) is 21.8 Å². The lowest BCUT2D eigenvalue weighted by Crippen LogP contribution is -2.32. The first kappa shape index (κ1) is 25.0. The van der Waals surface area contributed by atoms with Crippen LogP contribution in [-0.2, 0) is 4.79 Å². The number of aryl methyl sites for hydroxylation is 2. The van der Waals surface area contributed by atoms with Crippen molar-refractivity contribution in [3.05, 3.63) is 97.5 Å². The van der Waals surface area contributed by atoms with Gasteiger partial charge in [-0.05, 0) is 101 Å². The summed E-state index contributed by atoms with van der Waals surface area (Å²) in [7, 11) is 0. The number of hydrogen-bond acceptors (Lipinski definition) is 6. The second-order valence-corrected chi connectivity index (χ2v) is 10.0. The van der Waals surface area contributed by atoms with Crippen LogP contribution in [0.15, 0.2) is 71.6 Å². The van der Waals surface area contributed by atoms with E-state index in [4.69, 9.17) is 9.47 Å². The second kappa shape index (κ2) is 11.1. The van der Waals surface area contributed by atoms with Crippen molar-refractivity contribution in [2.24, 2.45) is 0 Å². The molecule has 3 aromatic rings. The van der Waals surface area contributed by atoms with Gasteiger partial charge in [0.25, 0.3) is 11.1 Å². The predicted octanol–water partition coefficient (Wildman–Crippen LogP) is 6.24. The molecule has 0 atom stereocenters. The van der Waals surface area contributed by atoms with E-state index in [9.17, 15) is 14.4 Å². The van der Waals surface area contributed by atoms with Crippen LogP contribution < -0.4 is 9.47 Å². The van der Waals surface area contributed by atoms with Crippen molar-refractivity contribution in [1.29, 1.82) is 0 Å². The fourth-order valence-electron chi connectivity index (χ4n) is 3.41. The van der Waals surface area contributed by atoms with E-state index >= 15 is 0 Å². The van der Waals surface area contributed by atoms with Gasteiger partial charge in [-0.2, -0.15) is 0 Å². The lowest BCUT2D eigenvalue weighted by Gasteiger charge is -2.14. The van der Waals surface area contributed by atoms with Crippen LogP contribution >= 0.6 is 34.4 Å². The number of halogens is 1. The Labute approximate surface area is 221 Å². The molecule has 35 heavy (non-hydrogen) atoms. The highest BCUT2D eigenvalue weighted by Crippen LogP contribution is 2.32. The molecule has 1 aliphatic rings. The number of nitrogens with zero attached hydrogens (tertiary/aromatic N) is 1. The molecule has 0 N–H and O–H groups in total. The summed E-state index contributed by atoms with van der Waals surface area (Å²) in [6, 6.07) is 19.9. The average Bonchev–Trinajstić information content (AvgIpc) is 3.09. The maximum Gasteiger partial charge on any atom is 0.344 e. The first-order chi connectivity index (χ1) is 16.8. The van der Waals surface area contributed by atoms with Crippen LogP contribution in [-0.4, -0.2) is 35.2 Å². The molecule has 3 aromatic carbocycles. The Kier molecular flexibility index (Phi) is 7.92. The summed E-state index contributed by atoms with van der Waals surface area (Å²) in [5, 5.41) is -0.341. The van der Waals surface area contributed by atoms with Crippen LogP contribution in [0.3, 0.4) is 0 Å². The molecule has 0 unspecified atom stereocenters. The smallest absolute Gasteiger partial charge is 0.344 e. The highest BCUT2D eigenvalue weighted by atomic mass is 127. The van der Waals surface area contributed by atoms with E-state index < -0.39 is 5.97 Å². The largest absolute Gasteiger partial charge is 0.491 e. The summed E-state index contributed by atoms with van der Waals surface area (Å²) in [4.78, 5) is 39.3. The molecule has 8 heteroatoms. The zero-order chi connectivity index (χ0) is 24.9. The molecule has 4 rings (SSSR count). The van der Waals surface area contributed by atoms with Crippen molar-refractivity contribution in [3.8, 4) is 11.5 Å². The van der Waals surface area contributed by atoms with Crippen molar-refractivity contribution < 1.29 is 23.9 Å². The maximum atomic E-state index is 12.8. The summed E-state index contributed by atoms with van der Waals surface area (Å²) >= 11 is 2.96. The number of hydrogen-bond donors (Lipinski definition) is 0. The number of esters is 1. The van der Waals surface area contributed by atoms with Crippen LogP contribution in [0.1, 0.15) is 27.0 Å². The van der Waals surface area contributed by atoms with E-state index in [-0.39, 0.29) is 24.3 Å². The Morgan fingerprint density at radius 1 is 1.03 bits per heavy atom. The summed E-state index contributed by atoms with van der Waals surface area (Å²) in [6.45, 7) is 4.29. The zero-order valence-electron chi connectivity index (χ0n) is 19.1. The number of amides is 2. The number of rotatable bonds is 7. The van der Waals surface area contributed by atoms with E-state index in [2.05, 4.69) is 22.6 Å². The van der Waals surface area contributed by atoms with Gasteiger partial charge < -0.3 is 9.47 Å². The van der Waals surface area contributed by atoms with Crippen molar-refractivity contribution >= 4 is 57.5 Å². The topological polar surface area (TPSA) is 72.9 Å². The summed E-state index contributed by atoms with van der Waals surface area (Å²) in [6.07, 6.45) is 1.63. The molecule has 2 amide bonds. The molecule has 0 aromatic heterocycles. The molecule has 0 spiro atoms. The minimum absolute atomic E-state index is 0.156. The van der Waals surface area contributed by atoms with Gasteiger partial charge in [0, 0.05) is 3.57 Å². The van der Waals surface area contributed by atoms with Crippen molar-refractivity contribution in [2.75, 3.05) is 13.2 Å². The molecule has 6 nitrogen and oxygen atoms in total. The standard InChI is InChI=1S/C27H22INO5S/c1-17-10-11-18(2)23(14-17)33-13-12-29-25(30)24(35-27(29)32)16-19-6-5-7-20(15-19)34-26(31)21-8-3-4-9-22(21)28/h3-11,14-16H,12-13H2,1-2H3/b24-16-. The second-order valence-electron chi connectivity index (χ2n) is 7.89. The number of carbonyl (C=O) groups excluding carboxylic acids is 3. The van der Waals surface area contributed by atoms with Crippen LogP contribution in [0.25, 0.3) is 6.08 Å². The Balaban J connectivity index is 1.41. The van der Waals surface area contributed by atoms with Crippen molar-refractivity contribution in [2.45, 2.75) is 13.8 Å². The first-order valence-electron chi connectivity index (χ1n) is 10.8. The minimum Gasteiger partial charge on any atom is -0.491 e. The van der Waals surface area contributed by atoms with Gasteiger partial charge in [-0.3, -0.25) is 14.5 Å². The number of benzene rings is 3. The summed E-state index contributed by atoms with van der Waals surface area (Å²) < 4.78 is 12.1. The number of ether oxygens (including phenoxy) is 2. The van der Waals surface area contributed by atoms with Crippen LogP contribution in [0.4, 0.5) is 4.79 Å². The van der Waals surface area contributed by atoms with E-state index in [0.717, 1.165) is 32.2 Å². The van der Waals surface area contributed by atoms with Crippen LogP contribution in [0.5, 0.6) is 11.5 Å². The first-order valence-corrected chi connectivity index (χ1v) is 12.7. The summed E-state index contributed by atoms with van der Waals surface area (Å²) in [5.41, 5.74) is 3.19. The molecule has 1 fully saturated rings. The van der Waals surface area contributed by atoms with Gasteiger partial charge >= 0.3 is 5.97 Å². The SMILES string of the molecule is Cc1ccc(C)c(OCCN2C(=O)S/C(=C\c3cccc(OC(=O)c4ccccc4I)c3)C2=O)c1. The fourth-order valence-corrected chi connectivity index (χ4v) is 4.88. The highest BCUT2D eigenvalue weighted by Gasteiger charge is 2.34. The molecule has 0 radical (unpaired) electrons. The molecule has 0 saturated carbocycles. The monoisotopic (exact) mass is 599 g/mol. The Bertz CT molecular complexity index is 1340. The van der Waals surface area contributed by atoms with Crippen LogP contribution in [0, 0.1) is 17.4 Å². The molecule has 1 saturated heterocycles. The minimum atomic E-state index is -0.462. The molecular weight excluding hydrogens is 577 g/mol. The van der Waals surface area contributed by atoms with Gasteiger partial charge in [-0.25, -0.2) is 4.79 Å². The molecular formula is C27H22INO5S. The number of carbonyl (C=O) groups is 3. The molecule has 178 valence electrons. The molecule has 0 bridgehead atoms. The normalized spacial score (nSPS) is 14.5. The molecule has 1 heterocycles. The lowest BCUT2D eigenvalue weighted by atomic mass is 10.1. The Morgan fingerprint density at radius 2 is 1.83 bits per heavy atom. The Morgan fingerprint density at radius 3 is 2.63 bits per heavy atom. The fraction of sp³-hybridized carbons (Fsp3) is 0.148. The number of imide groups is 1. The third-order valence-corrected chi connectivity index (χ3v) is 7.10. The van der Waals surface area contributed by atoms with Gasteiger partial charge in [0.05, 0.1) is 17.0 Å². The highest BCUT2D eigenvalue weighted by molar-refractivity contribution is 14.1. The number of thioether (sulfide) groups is 1. The quantitative estimate of drug-likeness (QED) is 0.139.